The average Bonchev–Trinajstić information content (AvgIpc) is 2.98. The van der Waals surface area contributed by atoms with E-state index >= 15 is 0 Å². The van der Waals surface area contributed by atoms with Crippen LogP contribution in [0.1, 0.15) is 25.0 Å². The molecule has 100 valence electrons. The molecule has 2 heterocycles. The topological polar surface area (TPSA) is 88.0 Å². The van der Waals surface area contributed by atoms with E-state index in [4.69, 9.17) is 5.11 Å². The molecule has 2 aromatic heterocycles. The Hall–Kier alpha value is -1.76. The van der Waals surface area contributed by atoms with Crippen LogP contribution < -0.4 is 5.32 Å². The largest absolute Gasteiger partial charge is 0.481 e. The summed E-state index contributed by atoms with van der Waals surface area (Å²) in [4.78, 5) is 20.3. The number of aliphatic carboxylic acids is 1. The van der Waals surface area contributed by atoms with Gasteiger partial charge in [-0.05, 0) is 37.7 Å². The van der Waals surface area contributed by atoms with Crippen molar-refractivity contribution in [2.45, 2.75) is 32.2 Å². The van der Waals surface area contributed by atoms with Crippen LogP contribution >= 0.6 is 11.5 Å². The average molecular weight is 278 g/mol. The van der Waals surface area contributed by atoms with Crippen LogP contribution in [0.4, 0.5) is 5.82 Å². The molecule has 7 heteroatoms. The summed E-state index contributed by atoms with van der Waals surface area (Å²) in [6, 6.07) is 0.165. The van der Waals surface area contributed by atoms with Gasteiger partial charge in [-0.25, -0.2) is 9.97 Å². The van der Waals surface area contributed by atoms with E-state index in [0.717, 1.165) is 34.6 Å². The number of fused-ring (bicyclic) bond motifs is 1. The summed E-state index contributed by atoms with van der Waals surface area (Å²) in [5.74, 6) is -0.172. The van der Waals surface area contributed by atoms with Gasteiger partial charge in [0, 0.05) is 6.04 Å². The monoisotopic (exact) mass is 278 g/mol. The Labute approximate surface area is 114 Å². The predicted octanol–water partition coefficient (Wildman–Crippen LogP) is 2.06. The first-order chi connectivity index (χ1) is 9.15. The van der Waals surface area contributed by atoms with Crippen LogP contribution in [0.25, 0.3) is 10.2 Å². The molecule has 0 aliphatic heterocycles. The molecule has 1 aliphatic carbocycles. The molecule has 3 rings (SSSR count). The van der Waals surface area contributed by atoms with E-state index < -0.39 is 5.97 Å². The quantitative estimate of drug-likeness (QED) is 0.893. The Morgan fingerprint density at radius 1 is 1.47 bits per heavy atom. The van der Waals surface area contributed by atoms with E-state index in [-0.39, 0.29) is 12.0 Å². The highest BCUT2D eigenvalue weighted by molar-refractivity contribution is 7.13. The lowest BCUT2D eigenvalue weighted by atomic mass is 10.1. The number of rotatable bonds is 3. The first kappa shape index (κ1) is 12.3. The van der Waals surface area contributed by atoms with Crippen LogP contribution in [-0.4, -0.2) is 31.5 Å². The fraction of sp³-hybridized carbons (Fsp3) is 0.500. The Bertz CT molecular complexity index is 627. The summed E-state index contributed by atoms with van der Waals surface area (Å²) in [5.41, 5.74) is 0.913. The van der Waals surface area contributed by atoms with E-state index in [9.17, 15) is 4.79 Å². The van der Waals surface area contributed by atoms with Crippen molar-refractivity contribution in [2.75, 3.05) is 5.32 Å². The third kappa shape index (κ3) is 2.25. The second-order valence-electron chi connectivity index (χ2n) is 4.86. The van der Waals surface area contributed by atoms with Crippen LogP contribution in [0.5, 0.6) is 0 Å². The molecule has 19 heavy (non-hydrogen) atoms. The molecule has 1 fully saturated rings. The number of hydrogen-bond donors (Lipinski definition) is 2. The van der Waals surface area contributed by atoms with Crippen molar-refractivity contribution in [3.8, 4) is 0 Å². The van der Waals surface area contributed by atoms with Crippen molar-refractivity contribution < 1.29 is 9.90 Å². The first-order valence-corrected chi connectivity index (χ1v) is 6.99. The van der Waals surface area contributed by atoms with Gasteiger partial charge < -0.3 is 10.4 Å². The van der Waals surface area contributed by atoms with Crippen molar-refractivity contribution in [1.29, 1.82) is 0 Å². The zero-order valence-electron chi connectivity index (χ0n) is 10.5. The molecule has 2 N–H and O–H groups in total. The summed E-state index contributed by atoms with van der Waals surface area (Å²) in [6.45, 7) is 1.93. The summed E-state index contributed by atoms with van der Waals surface area (Å²) < 4.78 is 4.28. The maximum atomic E-state index is 11.0. The highest BCUT2D eigenvalue weighted by Crippen LogP contribution is 2.31. The molecule has 0 unspecified atom stereocenters. The molecule has 0 amide bonds. The minimum absolute atomic E-state index is 0.165. The second-order valence-corrected chi connectivity index (χ2v) is 5.61. The van der Waals surface area contributed by atoms with Gasteiger partial charge in [0.25, 0.3) is 0 Å². The summed E-state index contributed by atoms with van der Waals surface area (Å²) >= 11 is 1.36. The van der Waals surface area contributed by atoms with Crippen LogP contribution in [-0.2, 0) is 4.79 Å². The summed E-state index contributed by atoms with van der Waals surface area (Å²) in [7, 11) is 0. The maximum Gasteiger partial charge on any atom is 0.306 e. The van der Waals surface area contributed by atoms with E-state index in [1.54, 1.807) is 0 Å². The van der Waals surface area contributed by atoms with Crippen molar-refractivity contribution in [3.63, 3.8) is 0 Å². The lowest BCUT2D eigenvalue weighted by molar-refractivity contribution is -0.141. The number of nitrogens with one attached hydrogen (secondary N) is 1. The normalized spacial score (nSPS) is 22.8. The van der Waals surface area contributed by atoms with Gasteiger partial charge in [-0.15, -0.1) is 0 Å². The van der Waals surface area contributed by atoms with Gasteiger partial charge in [-0.3, -0.25) is 4.79 Å². The Morgan fingerprint density at radius 3 is 3.05 bits per heavy atom. The van der Waals surface area contributed by atoms with Gasteiger partial charge >= 0.3 is 5.97 Å². The van der Waals surface area contributed by atoms with Gasteiger partial charge in [-0.2, -0.15) is 4.37 Å². The van der Waals surface area contributed by atoms with Gasteiger partial charge in [-0.1, -0.05) is 0 Å². The van der Waals surface area contributed by atoms with Crippen LogP contribution in [0.3, 0.4) is 0 Å². The number of carboxylic acids is 1. The standard InChI is InChI=1S/C12H14N4O2S/c1-6-9-10(13-5-14-11(9)19-16-6)15-8-3-2-7(4-8)12(17)18/h5,7-8H,2-4H2,1H3,(H,17,18)(H,13,14,15)/t7-,8+/m1/s1. The van der Waals surface area contributed by atoms with Gasteiger partial charge in [0.1, 0.15) is 17.0 Å². The zero-order valence-corrected chi connectivity index (χ0v) is 11.3. The number of anilines is 1. The number of carbonyl (C=O) groups is 1. The van der Waals surface area contributed by atoms with Crippen LogP contribution in [0, 0.1) is 12.8 Å². The molecule has 1 saturated carbocycles. The molecule has 0 bridgehead atoms. The molecule has 2 aromatic rings. The van der Waals surface area contributed by atoms with Gasteiger partial charge in [0.15, 0.2) is 0 Å². The van der Waals surface area contributed by atoms with Gasteiger partial charge in [0.05, 0.1) is 17.0 Å². The van der Waals surface area contributed by atoms with Crippen LogP contribution in [0.2, 0.25) is 0 Å². The van der Waals surface area contributed by atoms with Crippen LogP contribution in [0.15, 0.2) is 6.33 Å². The van der Waals surface area contributed by atoms with Gasteiger partial charge in [0.2, 0.25) is 0 Å². The third-order valence-electron chi connectivity index (χ3n) is 3.57. The van der Waals surface area contributed by atoms with E-state index in [1.165, 1.54) is 17.9 Å². The number of carboxylic acid groups (broad SMARTS) is 1. The second kappa shape index (κ2) is 4.73. The number of aromatic nitrogens is 3. The Kier molecular flexibility index (Phi) is 3.06. The zero-order chi connectivity index (χ0) is 13.4. The minimum atomic E-state index is -0.703. The fourth-order valence-corrected chi connectivity index (χ4v) is 3.31. The maximum absolute atomic E-state index is 11.0. The first-order valence-electron chi connectivity index (χ1n) is 6.21. The molecule has 0 aromatic carbocycles. The van der Waals surface area contributed by atoms with E-state index in [0.29, 0.717) is 6.42 Å². The Balaban J connectivity index is 1.83. The number of hydrogen-bond acceptors (Lipinski definition) is 6. The smallest absolute Gasteiger partial charge is 0.306 e. The molecular weight excluding hydrogens is 264 g/mol. The number of aryl methyl sites for hydroxylation is 1. The van der Waals surface area contributed by atoms with E-state index in [1.807, 2.05) is 6.92 Å². The molecular formula is C12H14N4O2S. The molecule has 0 spiro atoms. The van der Waals surface area contributed by atoms with Crippen molar-refractivity contribution in [3.05, 3.63) is 12.0 Å². The van der Waals surface area contributed by atoms with Crippen molar-refractivity contribution >= 4 is 33.5 Å². The lowest BCUT2D eigenvalue weighted by Gasteiger charge is -2.13. The molecule has 0 saturated heterocycles. The van der Waals surface area contributed by atoms with Crippen molar-refractivity contribution in [1.82, 2.24) is 14.3 Å². The molecule has 6 nitrogen and oxygen atoms in total. The third-order valence-corrected chi connectivity index (χ3v) is 4.41. The molecule has 0 radical (unpaired) electrons. The SMILES string of the molecule is Cc1nsc2ncnc(N[C@H]3CC[C@@H](C(=O)O)C3)c12. The predicted molar refractivity (Wildman–Crippen MR) is 72.3 cm³/mol. The van der Waals surface area contributed by atoms with Crippen molar-refractivity contribution in [2.24, 2.45) is 5.92 Å². The van der Waals surface area contributed by atoms with E-state index in [2.05, 4.69) is 19.7 Å². The summed E-state index contributed by atoms with van der Waals surface area (Å²) in [5, 5.41) is 13.3. The minimum Gasteiger partial charge on any atom is -0.481 e. The summed E-state index contributed by atoms with van der Waals surface area (Å²) in [6.07, 6.45) is 3.75. The number of nitrogens with zero attached hydrogens (tertiary/aromatic N) is 3. The lowest BCUT2D eigenvalue weighted by Crippen LogP contribution is -2.18. The molecule has 2 atom stereocenters. The Morgan fingerprint density at radius 2 is 2.32 bits per heavy atom. The highest BCUT2D eigenvalue weighted by atomic mass is 32.1. The molecule has 1 aliphatic rings. The highest BCUT2D eigenvalue weighted by Gasteiger charge is 2.30. The fourth-order valence-electron chi connectivity index (χ4n) is 2.56.